The molecule has 10 nitrogen and oxygen atoms in total. The molecular formula is C35H47Cl2N7O3. The number of hydrogen-bond donors (Lipinski definition) is 2. The van der Waals surface area contributed by atoms with Crippen molar-refractivity contribution in [3.8, 4) is 11.3 Å². The first kappa shape index (κ1) is 34.0. The summed E-state index contributed by atoms with van der Waals surface area (Å²) in [7, 11) is 0. The number of piperidine rings is 2. The van der Waals surface area contributed by atoms with Gasteiger partial charge in [-0.1, -0.05) is 18.6 Å². The number of pyridine rings is 1. The molecule has 12 heteroatoms. The monoisotopic (exact) mass is 683 g/mol. The highest BCUT2D eigenvalue weighted by atomic mass is 35.5. The third kappa shape index (κ3) is 6.00. The Morgan fingerprint density at radius 1 is 1.02 bits per heavy atom. The van der Waals surface area contributed by atoms with Crippen molar-refractivity contribution in [1.29, 1.82) is 0 Å². The van der Waals surface area contributed by atoms with Gasteiger partial charge in [0.05, 0.1) is 29.5 Å². The largest absolute Gasteiger partial charge is 0.480 e. The standard InChI is InChI=1S/C35H45N7O3.2ClH/c1-22(2)41-21-36-29-19-28(38-33(32(29)41)37-24-7-8-24)23-6-9-27-30(16-23)42(26-17-25(18-26)40-12-4-3-5-13-40)34(45)35(27)10-14-39(15-11-35)20-31(43)44;;/h6,9,16,19,21-22,24-26H,3-5,7-8,10-15,17-18,20H2,1-2H3,(H,37,38)(H,43,44);2*1H/t25-,26+;;. The fourth-order valence-corrected chi connectivity index (χ4v) is 8.35. The third-order valence-electron chi connectivity index (χ3n) is 11.2. The highest BCUT2D eigenvalue weighted by molar-refractivity contribution is 6.09. The number of anilines is 2. The van der Waals surface area contributed by atoms with E-state index in [-0.39, 0.29) is 49.3 Å². The molecule has 2 saturated heterocycles. The molecule has 4 fully saturated rings. The molecule has 0 bridgehead atoms. The third-order valence-corrected chi connectivity index (χ3v) is 11.2. The van der Waals surface area contributed by atoms with Crippen LogP contribution in [0.25, 0.3) is 22.3 Å². The minimum atomic E-state index is -0.813. The second-order valence-corrected chi connectivity index (χ2v) is 14.4. The number of hydrogen-bond acceptors (Lipinski definition) is 7. The molecule has 1 aromatic carbocycles. The number of likely N-dealkylation sites (tertiary alicyclic amines) is 2. The molecule has 1 amide bonds. The smallest absolute Gasteiger partial charge is 0.317 e. The molecule has 0 atom stereocenters. The van der Waals surface area contributed by atoms with Crippen LogP contribution in [0.2, 0.25) is 0 Å². The van der Waals surface area contributed by atoms with Gasteiger partial charge in [-0.25, -0.2) is 9.97 Å². The minimum Gasteiger partial charge on any atom is -0.480 e. The van der Waals surface area contributed by atoms with Crippen LogP contribution in [-0.4, -0.2) is 92.2 Å². The van der Waals surface area contributed by atoms with Gasteiger partial charge in [0.25, 0.3) is 0 Å². The lowest BCUT2D eigenvalue weighted by Gasteiger charge is -2.48. The average molecular weight is 685 g/mol. The van der Waals surface area contributed by atoms with Crippen molar-refractivity contribution in [3.05, 3.63) is 36.2 Å². The van der Waals surface area contributed by atoms with Crippen molar-refractivity contribution in [2.75, 3.05) is 42.9 Å². The molecule has 3 aromatic rings. The van der Waals surface area contributed by atoms with Crippen molar-refractivity contribution in [1.82, 2.24) is 24.3 Å². The van der Waals surface area contributed by atoms with Crippen molar-refractivity contribution in [2.24, 2.45) is 0 Å². The summed E-state index contributed by atoms with van der Waals surface area (Å²) < 4.78 is 2.19. The lowest BCUT2D eigenvalue weighted by Crippen LogP contribution is -2.58. The molecule has 0 radical (unpaired) electrons. The molecule has 2 aliphatic carbocycles. The van der Waals surface area contributed by atoms with Gasteiger partial charge in [0.15, 0.2) is 5.82 Å². The number of halogens is 2. The van der Waals surface area contributed by atoms with Gasteiger partial charge in [-0.15, -0.1) is 24.8 Å². The number of nitrogens with one attached hydrogen (secondary N) is 1. The molecule has 2 saturated carbocycles. The van der Waals surface area contributed by atoms with Crippen LogP contribution >= 0.6 is 24.8 Å². The Balaban J connectivity index is 0.00000193. The SMILES string of the molecule is CC(C)n1cnc2cc(-c3ccc4c(c3)N([C@H]3C[C@@H](N5CCCCC5)C3)C(=O)C43CCN(CC(=O)O)CC3)nc(NC3CC3)c21.Cl.Cl. The Bertz CT molecular complexity index is 1640. The maximum Gasteiger partial charge on any atom is 0.317 e. The van der Waals surface area contributed by atoms with E-state index in [9.17, 15) is 14.7 Å². The molecule has 1 spiro atoms. The van der Waals surface area contributed by atoms with Crippen LogP contribution in [0.4, 0.5) is 11.5 Å². The number of carboxylic acids is 1. The number of carboxylic acid groups (broad SMARTS) is 1. The summed E-state index contributed by atoms with van der Waals surface area (Å²) in [6, 6.07) is 10.1. The zero-order valence-corrected chi connectivity index (χ0v) is 29.0. The summed E-state index contributed by atoms with van der Waals surface area (Å²) >= 11 is 0. The maximum absolute atomic E-state index is 14.6. The molecule has 47 heavy (non-hydrogen) atoms. The van der Waals surface area contributed by atoms with E-state index in [1.807, 2.05) is 11.2 Å². The van der Waals surface area contributed by atoms with Crippen LogP contribution < -0.4 is 10.2 Å². The zero-order chi connectivity index (χ0) is 30.9. The molecule has 2 aromatic heterocycles. The van der Waals surface area contributed by atoms with Gasteiger partial charge in [-0.3, -0.25) is 14.5 Å². The van der Waals surface area contributed by atoms with Crippen LogP contribution in [-0.2, 0) is 15.0 Å². The van der Waals surface area contributed by atoms with E-state index in [1.54, 1.807) is 0 Å². The predicted molar refractivity (Wildman–Crippen MR) is 189 cm³/mol. The number of carbonyl (C=O) groups excluding carboxylic acids is 1. The Hall–Kier alpha value is -2.92. The van der Waals surface area contributed by atoms with Gasteiger partial charge in [-0.2, -0.15) is 0 Å². The first-order valence-corrected chi connectivity index (χ1v) is 17.1. The summed E-state index contributed by atoms with van der Waals surface area (Å²) in [5, 5.41) is 13.1. The van der Waals surface area contributed by atoms with Crippen LogP contribution in [0.5, 0.6) is 0 Å². The predicted octanol–water partition coefficient (Wildman–Crippen LogP) is 5.88. The fraction of sp³-hybridized carbons (Fsp3) is 0.600. The molecule has 0 unspecified atom stereocenters. The Morgan fingerprint density at radius 2 is 1.74 bits per heavy atom. The van der Waals surface area contributed by atoms with E-state index in [2.05, 4.69) is 57.8 Å². The van der Waals surface area contributed by atoms with E-state index >= 15 is 0 Å². The topological polar surface area (TPSA) is 107 Å². The Labute approximate surface area is 289 Å². The number of aliphatic carboxylic acids is 1. The summed E-state index contributed by atoms with van der Waals surface area (Å²) in [6.45, 7) is 7.93. The lowest BCUT2D eigenvalue weighted by atomic mass is 9.73. The summed E-state index contributed by atoms with van der Waals surface area (Å²) in [5.41, 5.74) is 5.38. The highest BCUT2D eigenvalue weighted by Crippen LogP contribution is 2.52. The number of carbonyl (C=O) groups is 2. The van der Waals surface area contributed by atoms with E-state index in [0.717, 1.165) is 65.0 Å². The van der Waals surface area contributed by atoms with Gasteiger partial charge in [0, 0.05) is 48.5 Å². The van der Waals surface area contributed by atoms with Crippen LogP contribution in [0.1, 0.15) is 83.2 Å². The zero-order valence-electron chi connectivity index (χ0n) is 27.4. The number of fused-ring (bicyclic) bond motifs is 3. The number of benzene rings is 1. The number of amides is 1. The molecule has 8 rings (SSSR count). The second-order valence-electron chi connectivity index (χ2n) is 14.4. The van der Waals surface area contributed by atoms with Gasteiger partial charge in [0.2, 0.25) is 5.91 Å². The van der Waals surface area contributed by atoms with Gasteiger partial charge in [-0.05, 0) is 96.0 Å². The fourth-order valence-electron chi connectivity index (χ4n) is 8.35. The van der Waals surface area contributed by atoms with E-state index in [1.165, 1.54) is 32.4 Å². The molecule has 2 N–H and O–H groups in total. The number of nitrogens with zero attached hydrogens (tertiary/aromatic N) is 6. The van der Waals surface area contributed by atoms with Gasteiger partial charge in [0.1, 0.15) is 5.52 Å². The highest BCUT2D eigenvalue weighted by Gasteiger charge is 2.55. The number of rotatable bonds is 8. The molecule has 5 heterocycles. The Morgan fingerprint density at radius 3 is 2.40 bits per heavy atom. The summed E-state index contributed by atoms with van der Waals surface area (Å²) in [5.74, 6) is 0.281. The van der Waals surface area contributed by atoms with E-state index in [4.69, 9.17) is 9.97 Å². The first-order valence-electron chi connectivity index (χ1n) is 17.1. The second kappa shape index (κ2) is 13.2. The quantitative estimate of drug-likeness (QED) is 0.303. The molecular weight excluding hydrogens is 637 g/mol. The van der Waals surface area contributed by atoms with Crippen LogP contribution in [0.3, 0.4) is 0 Å². The molecule has 3 aliphatic heterocycles. The maximum atomic E-state index is 14.6. The van der Waals surface area contributed by atoms with Gasteiger partial charge >= 0.3 is 5.97 Å². The van der Waals surface area contributed by atoms with Crippen LogP contribution in [0, 0.1) is 0 Å². The minimum absolute atomic E-state index is 0. The first-order chi connectivity index (χ1) is 21.8. The van der Waals surface area contributed by atoms with E-state index in [0.29, 0.717) is 38.0 Å². The Kier molecular flexibility index (Phi) is 9.52. The van der Waals surface area contributed by atoms with E-state index < -0.39 is 11.4 Å². The average Bonchev–Trinajstić information content (AvgIpc) is 3.67. The number of imidazole rings is 1. The van der Waals surface area contributed by atoms with Crippen molar-refractivity contribution < 1.29 is 14.7 Å². The lowest BCUT2D eigenvalue weighted by molar-refractivity contribution is -0.138. The normalized spacial score (nSPS) is 24.1. The van der Waals surface area contributed by atoms with Crippen molar-refractivity contribution >= 4 is 59.2 Å². The van der Waals surface area contributed by atoms with Crippen molar-refractivity contribution in [3.63, 3.8) is 0 Å². The van der Waals surface area contributed by atoms with Crippen molar-refractivity contribution in [2.45, 2.75) is 101 Å². The summed E-state index contributed by atoms with van der Waals surface area (Å²) in [6.07, 6.45) is 11.4. The van der Waals surface area contributed by atoms with Crippen LogP contribution in [0.15, 0.2) is 30.6 Å². The van der Waals surface area contributed by atoms with Gasteiger partial charge < -0.3 is 24.8 Å². The number of aromatic nitrogens is 3. The summed E-state index contributed by atoms with van der Waals surface area (Å²) in [4.78, 5) is 42.7. The molecule has 5 aliphatic rings. The molecule has 254 valence electrons.